The van der Waals surface area contributed by atoms with Gasteiger partial charge in [0.1, 0.15) is 12.4 Å². The summed E-state index contributed by atoms with van der Waals surface area (Å²) < 4.78 is 5.53. The molecule has 0 heterocycles. The summed E-state index contributed by atoms with van der Waals surface area (Å²) in [7, 11) is 0. The number of ether oxygens (including phenoxy) is 1. The lowest BCUT2D eigenvalue weighted by Crippen LogP contribution is -1.98. The van der Waals surface area contributed by atoms with E-state index in [1.54, 1.807) is 30.3 Å². The van der Waals surface area contributed by atoms with Crippen molar-refractivity contribution in [2.75, 3.05) is 0 Å². The van der Waals surface area contributed by atoms with Crippen LogP contribution in [-0.2, 0) is 6.61 Å². The van der Waals surface area contributed by atoms with Crippen LogP contribution < -0.4 is 4.74 Å². The fraction of sp³-hybridized carbons (Fsp3) is 0.0714. The van der Waals surface area contributed by atoms with Crippen LogP contribution in [-0.4, -0.2) is 11.1 Å². The fourth-order valence-corrected chi connectivity index (χ4v) is 1.88. The molecular formula is C14H10Cl2O3. The van der Waals surface area contributed by atoms with Gasteiger partial charge in [-0.1, -0.05) is 23.2 Å². The van der Waals surface area contributed by atoms with E-state index in [0.717, 1.165) is 5.56 Å². The van der Waals surface area contributed by atoms with Gasteiger partial charge in [-0.2, -0.15) is 0 Å². The predicted molar refractivity (Wildman–Crippen MR) is 74.2 cm³/mol. The Hall–Kier alpha value is -1.71. The number of carboxylic acid groups (broad SMARTS) is 1. The minimum Gasteiger partial charge on any atom is -0.489 e. The largest absolute Gasteiger partial charge is 0.489 e. The zero-order valence-corrected chi connectivity index (χ0v) is 11.3. The molecule has 0 amide bonds. The molecule has 1 N–H and O–H groups in total. The highest BCUT2D eigenvalue weighted by Gasteiger charge is 2.04. The zero-order chi connectivity index (χ0) is 13.8. The van der Waals surface area contributed by atoms with Gasteiger partial charge < -0.3 is 9.84 Å². The van der Waals surface area contributed by atoms with Gasteiger partial charge in [0.05, 0.1) is 5.56 Å². The van der Waals surface area contributed by atoms with Crippen molar-refractivity contribution in [3.05, 3.63) is 63.6 Å². The van der Waals surface area contributed by atoms with Crippen molar-refractivity contribution in [2.24, 2.45) is 0 Å². The third-order valence-electron chi connectivity index (χ3n) is 2.50. The number of rotatable bonds is 4. The summed E-state index contributed by atoms with van der Waals surface area (Å²) in [4.78, 5) is 10.7. The molecule has 19 heavy (non-hydrogen) atoms. The Morgan fingerprint density at radius 2 is 1.79 bits per heavy atom. The lowest BCUT2D eigenvalue weighted by molar-refractivity contribution is 0.0697. The lowest BCUT2D eigenvalue weighted by atomic mass is 10.2. The average Bonchev–Trinajstić information content (AvgIpc) is 2.40. The molecule has 5 heteroatoms. The van der Waals surface area contributed by atoms with Crippen molar-refractivity contribution in [3.8, 4) is 5.75 Å². The Morgan fingerprint density at radius 3 is 2.42 bits per heavy atom. The van der Waals surface area contributed by atoms with E-state index < -0.39 is 5.97 Å². The fourth-order valence-electron chi connectivity index (χ4n) is 1.51. The number of hydrogen-bond acceptors (Lipinski definition) is 2. The van der Waals surface area contributed by atoms with Crippen LogP contribution in [0.5, 0.6) is 5.75 Å². The van der Waals surface area contributed by atoms with Gasteiger partial charge in [0.15, 0.2) is 0 Å². The molecule has 98 valence electrons. The molecule has 0 aromatic heterocycles. The summed E-state index contributed by atoms with van der Waals surface area (Å²) in [6.07, 6.45) is 0. The number of hydrogen-bond donors (Lipinski definition) is 1. The molecule has 0 aliphatic rings. The lowest BCUT2D eigenvalue weighted by Gasteiger charge is -2.08. The second-order valence-corrected chi connectivity index (χ2v) is 4.70. The van der Waals surface area contributed by atoms with Gasteiger partial charge in [-0.3, -0.25) is 0 Å². The van der Waals surface area contributed by atoms with Crippen LogP contribution in [0.3, 0.4) is 0 Å². The number of aromatic carboxylic acids is 1. The summed E-state index contributed by atoms with van der Waals surface area (Å²) in [6, 6.07) is 11.3. The van der Waals surface area contributed by atoms with E-state index >= 15 is 0 Å². The second-order valence-electron chi connectivity index (χ2n) is 3.85. The number of carbonyl (C=O) groups is 1. The van der Waals surface area contributed by atoms with Gasteiger partial charge >= 0.3 is 5.97 Å². The van der Waals surface area contributed by atoms with Gasteiger partial charge in [0.25, 0.3) is 0 Å². The molecule has 0 radical (unpaired) electrons. The molecule has 0 spiro atoms. The van der Waals surface area contributed by atoms with Crippen LogP contribution >= 0.6 is 23.2 Å². The molecule has 0 aliphatic carbocycles. The van der Waals surface area contributed by atoms with E-state index in [1.165, 1.54) is 12.1 Å². The Bertz CT molecular complexity index is 594. The molecule has 0 saturated carbocycles. The van der Waals surface area contributed by atoms with Crippen molar-refractivity contribution in [2.45, 2.75) is 6.61 Å². The molecular weight excluding hydrogens is 287 g/mol. The maximum atomic E-state index is 10.7. The highest BCUT2D eigenvalue weighted by molar-refractivity contribution is 6.33. The Balaban J connectivity index is 2.06. The van der Waals surface area contributed by atoms with E-state index in [1.807, 2.05) is 0 Å². The SMILES string of the molecule is O=C(O)c1ccc(OCc2cc(Cl)ccc2Cl)cc1. The second kappa shape index (κ2) is 5.95. The van der Waals surface area contributed by atoms with Crippen LogP contribution in [0.25, 0.3) is 0 Å². The van der Waals surface area contributed by atoms with Gasteiger partial charge in [-0.25, -0.2) is 4.79 Å². The highest BCUT2D eigenvalue weighted by atomic mass is 35.5. The first-order valence-corrected chi connectivity index (χ1v) is 6.22. The molecule has 0 saturated heterocycles. The van der Waals surface area contributed by atoms with Crippen molar-refractivity contribution in [1.29, 1.82) is 0 Å². The van der Waals surface area contributed by atoms with Gasteiger partial charge in [-0.05, 0) is 42.5 Å². The monoisotopic (exact) mass is 296 g/mol. The van der Waals surface area contributed by atoms with E-state index in [-0.39, 0.29) is 12.2 Å². The third-order valence-corrected chi connectivity index (χ3v) is 3.11. The molecule has 2 aromatic rings. The predicted octanol–water partition coefficient (Wildman–Crippen LogP) is 4.27. The quantitative estimate of drug-likeness (QED) is 0.916. The molecule has 0 fully saturated rings. The Morgan fingerprint density at radius 1 is 1.11 bits per heavy atom. The minimum absolute atomic E-state index is 0.216. The summed E-state index contributed by atoms with van der Waals surface area (Å²) >= 11 is 11.9. The first-order valence-electron chi connectivity index (χ1n) is 5.46. The van der Waals surface area contributed by atoms with Crippen molar-refractivity contribution in [1.82, 2.24) is 0 Å². The first kappa shape index (κ1) is 13.7. The zero-order valence-electron chi connectivity index (χ0n) is 9.77. The summed E-state index contributed by atoms with van der Waals surface area (Å²) in [5, 5.41) is 9.94. The van der Waals surface area contributed by atoms with Crippen LogP contribution in [0.2, 0.25) is 10.0 Å². The van der Waals surface area contributed by atoms with E-state index in [4.69, 9.17) is 33.0 Å². The molecule has 0 aliphatic heterocycles. The van der Waals surface area contributed by atoms with Crippen molar-refractivity contribution >= 4 is 29.2 Å². The molecule has 2 rings (SSSR count). The van der Waals surface area contributed by atoms with E-state index in [0.29, 0.717) is 15.8 Å². The van der Waals surface area contributed by atoms with Crippen molar-refractivity contribution in [3.63, 3.8) is 0 Å². The van der Waals surface area contributed by atoms with Gasteiger partial charge in [0.2, 0.25) is 0 Å². The van der Waals surface area contributed by atoms with Crippen LogP contribution in [0.1, 0.15) is 15.9 Å². The number of benzene rings is 2. The van der Waals surface area contributed by atoms with Crippen LogP contribution in [0.15, 0.2) is 42.5 Å². The highest BCUT2D eigenvalue weighted by Crippen LogP contribution is 2.22. The standard InChI is InChI=1S/C14H10Cl2O3/c15-11-3-6-13(16)10(7-11)8-19-12-4-1-9(2-5-12)14(17)18/h1-7H,8H2,(H,17,18). The van der Waals surface area contributed by atoms with Gasteiger partial charge in [0, 0.05) is 15.6 Å². The summed E-state index contributed by atoms with van der Waals surface area (Å²) in [5.74, 6) is -0.398. The number of carboxylic acids is 1. The molecule has 0 atom stereocenters. The Labute approximate surface area is 120 Å². The molecule has 2 aromatic carbocycles. The van der Waals surface area contributed by atoms with Crippen LogP contribution in [0.4, 0.5) is 0 Å². The van der Waals surface area contributed by atoms with Gasteiger partial charge in [-0.15, -0.1) is 0 Å². The smallest absolute Gasteiger partial charge is 0.335 e. The van der Waals surface area contributed by atoms with E-state index in [2.05, 4.69) is 0 Å². The maximum Gasteiger partial charge on any atom is 0.335 e. The maximum absolute atomic E-state index is 10.7. The summed E-state index contributed by atoms with van der Waals surface area (Å²) in [6.45, 7) is 0.270. The average molecular weight is 297 g/mol. The first-order chi connectivity index (χ1) is 9.06. The summed E-state index contributed by atoms with van der Waals surface area (Å²) in [5.41, 5.74) is 0.990. The van der Waals surface area contributed by atoms with Crippen LogP contribution in [0, 0.1) is 0 Å². The molecule has 0 bridgehead atoms. The normalized spacial score (nSPS) is 10.2. The Kier molecular flexibility index (Phi) is 4.30. The topological polar surface area (TPSA) is 46.5 Å². The minimum atomic E-state index is -0.968. The van der Waals surface area contributed by atoms with Crippen molar-refractivity contribution < 1.29 is 14.6 Å². The molecule has 0 unspecified atom stereocenters. The molecule has 3 nitrogen and oxygen atoms in total. The third kappa shape index (κ3) is 3.63. The van der Waals surface area contributed by atoms with E-state index in [9.17, 15) is 4.79 Å². The number of halogens is 2.